The third-order valence-electron chi connectivity index (χ3n) is 3.20. The van der Waals surface area contributed by atoms with Crippen LogP contribution in [-0.4, -0.2) is 32.6 Å². The monoisotopic (exact) mass is 278 g/mol. The Labute approximate surface area is 117 Å². The fourth-order valence-corrected chi connectivity index (χ4v) is 1.98. The summed E-state index contributed by atoms with van der Waals surface area (Å²) in [6.07, 6.45) is 0. The fraction of sp³-hybridized carbons (Fsp3) is 0.429. The summed E-state index contributed by atoms with van der Waals surface area (Å²) >= 11 is 0. The molecule has 6 nitrogen and oxygen atoms in total. The molecule has 0 bridgehead atoms. The van der Waals surface area contributed by atoms with Gasteiger partial charge in [0, 0.05) is 12.7 Å². The predicted molar refractivity (Wildman–Crippen MR) is 74.0 cm³/mol. The molecule has 1 N–H and O–H groups in total. The summed E-state index contributed by atoms with van der Waals surface area (Å²) in [5.74, 6) is 1.03. The van der Waals surface area contributed by atoms with Crippen LogP contribution in [0.4, 0.5) is 0 Å². The molecular weight excluding hydrogens is 260 g/mol. The minimum absolute atomic E-state index is 0.119. The van der Waals surface area contributed by atoms with Crippen LogP contribution in [0.5, 0.6) is 11.5 Å². The number of nitrogens with zero attached hydrogens (tertiary/aromatic N) is 1. The SMILES string of the molecule is COCOc1ccc(C2=NNC(=O)C2(C)C)cc1OC. The van der Waals surface area contributed by atoms with Crippen LogP contribution in [0, 0.1) is 5.41 Å². The Hall–Kier alpha value is -2.08. The van der Waals surface area contributed by atoms with E-state index in [-0.39, 0.29) is 12.7 Å². The average Bonchev–Trinajstić information content (AvgIpc) is 2.71. The summed E-state index contributed by atoms with van der Waals surface area (Å²) < 4.78 is 15.6. The zero-order valence-corrected chi connectivity index (χ0v) is 12.0. The van der Waals surface area contributed by atoms with Crippen molar-refractivity contribution in [1.29, 1.82) is 0 Å². The minimum atomic E-state index is -0.667. The van der Waals surface area contributed by atoms with Crippen molar-refractivity contribution < 1.29 is 19.0 Å². The summed E-state index contributed by atoms with van der Waals surface area (Å²) in [7, 11) is 3.11. The van der Waals surface area contributed by atoms with Gasteiger partial charge in [-0.05, 0) is 32.0 Å². The van der Waals surface area contributed by atoms with E-state index in [2.05, 4.69) is 10.5 Å². The van der Waals surface area contributed by atoms with Crippen molar-refractivity contribution in [2.45, 2.75) is 13.8 Å². The Morgan fingerprint density at radius 3 is 2.55 bits per heavy atom. The third kappa shape index (κ3) is 2.46. The number of hydrogen-bond acceptors (Lipinski definition) is 5. The molecule has 0 atom stereocenters. The molecule has 0 aromatic heterocycles. The highest BCUT2D eigenvalue weighted by molar-refractivity contribution is 6.19. The van der Waals surface area contributed by atoms with Gasteiger partial charge in [-0.15, -0.1) is 0 Å². The first-order chi connectivity index (χ1) is 9.50. The molecule has 108 valence electrons. The lowest BCUT2D eigenvalue weighted by atomic mass is 9.84. The largest absolute Gasteiger partial charge is 0.493 e. The predicted octanol–water partition coefficient (Wildman–Crippen LogP) is 1.54. The second kappa shape index (κ2) is 5.50. The first kappa shape index (κ1) is 14.3. The molecule has 1 heterocycles. The van der Waals surface area contributed by atoms with E-state index < -0.39 is 5.41 Å². The van der Waals surface area contributed by atoms with E-state index in [0.717, 1.165) is 5.56 Å². The summed E-state index contributed by atoms with van der Waals surface area (Å²) in [5, 5.41) is 4.10. The lowest BCUT2D eigenvalue weighted by Gasteiger charge is -2.18. The molecule has 1 aliphatic rings. The van der Waals surface area contributed by atoms with Gasteiger partial charge in [-0.2, -0.15) is 5.10 Å². The topological polar surface area (TPSA) is 69.2 Å². The van der Waals surface area contributed by atoms with Gasteiger partial charge < -0.3 is 14.2 Å². The summed E-state index contributed by atoms with van der Waals surface area (Å²) in [6, 6.07) is 5.41. The number of ether oxygens (including phenoxy) is 3. The van der Waals surface area contributed by atoms with Crippen LogP contribution in [0.1, 0.15) is 19.4 Å². The Morgan fingerprint density at radius 1 is 1.25 bits per heavy atom. The molecule has 0 aliphatic carbocycles. The molecule has 20 heavy (non-hydrogen) atoms. The molecular formula is C14H18N2O4. The molecule has 1 amide bonds. The maximum absolute atomic E-state index is 11.7. The van der Waals surface area contributed by atoms with Crippen molar-refractivity contribution in [3.05, 3.63) is 23.8 Å². The molecule has 1 aromatic carbocycles. The number of amides is 1. The van der Waals surface area contributed by atoms with Crippen LogP contribution in [0.15, 0.2) is 23.3 Å². The van der Waals surface area contributed by atoms with E-state index in [1.807, 2.05) is 19.9 Å². The van der Waals surface area contributed by atoms with Crippen LogP contribution in [-0.2, 0) is 9.53 Å². The second-order valence-electron chi connectivity index (χ2n) is 4.94. The van der Waals surface area contributed by atoms with E-state index >= 15 is 0 Å². The summed E-state index contributed by atoms with van der Waals surface area (Å²) in [6.45, 7) is 3.80. The number of hydrogen-bond donors (Lipinski definition) is 1. The van der Waals surface area contributed by atoms with Gasteiger partial charge in [0.2, 0.25) is 0 Å². The normalized spacial score (nSPS) is 16.6. The second-order valence-corrected chi connectivity index (χ2v) is 4.94. The van der Waals surface area contributed by atoms with Gasteiger partial charge >= 0.3 is 0 Å². The van der Waals surface area contributed by atoms with Crippen LogP contribution >= 0.6 is 0 Å². The van der Waals surface area contributed by atoms with Gasteiger partial charge in [0.15, 0.2) is 18.3 Å². The van der Waals surface area contributed by atoms with Crippen molar-refractivity contribution in [3.8, 4) is 11.5 Å². The molecule has 1 aliphatic heterocycles. The maximum atomic E-state index is 11.7. The van der Waals surface area contributed by atoms with Crippen molar-refractivity contribution in [1.82, 2.24) is 5.43 Å². The number of nitrogens with one attached hydrogen (secondary N) is 1. The van der Waals surface area contributed by atoms with Crippen molar-refractivity contribution in [2.24, 2.45) is 10.5 Å². The standard InChI is InChI=1S/C14H18N2O4/c1-14(2)12(15-16-13(14)17)9-5-6-10(20-8-18-3)11(7-9)19-4/h5-7H,8H2,1-4H3,(H,16,17). The van der Waals surface area contributed by atoms with E-state index in [1.165, 1.54) is 0 Å². The summed E-state index contributed by atoms with van der Waals surface area (Å²) in [5.41, 5.74) is 3.33. The number of benzene rings is 1. The first-order valence-electron chi connectivity index (χ1n) is 6.19. The van der Waals surface area contributed by atoms with Crippen molar-refractivity contribution in [3.63, 3.8) is 0 Å². The molecule has 0 saturated carbocycles. The van der Waals surface area contributed by atoms with Gasteiger partial charge in [-0.3, -0.25) is 4.79 Å². The maximum Gasteiger partial charge on any atom is 0.251 e. The first-order valence-corrected chi connectivity index (χ1v) is 6.19. The Morgan fingerprint density at radius 2 is 2.00 bits per heavy atom. The molecule has 6 heteroatoms. The lowest BCUT2D eigenvalue weighted by molar-refractivity contribution is -0.125. The Kier molecular flexibility index (Phi) is 3.94. The number of carbonyl (C=O) groups excluding carboxylic acids is 1. The molecule has 0 unspecified atom stereocenters. The average molecular weight is 278 g/mol. The highest BCUT2D eigenvalue weighted by Gasteiger charge is 2.39. The number of carbonyl (C=O) groups is 1. The van der Waals surface area contributed by atoms with E-state index in [1.54, 1.807) is 26.4 Å². The zero-order valence-electron chi connectivity index (χ0n) is 12.0. The molecule has 0 fully saturated rings. The molecule has 0 saturated heterocycles. The van der Waals surface area contributed by atoms with Crippen LogP contribution in [0.25, 0.3) is 0 Å². The van der Waals surface area contributed by atoms with E-state index in [9.17, 15) is 4.79 Å². The van der Waals surface area contributed by atoms with Crippen LogP contribution < -0.4 is 14.9 Å². The van der Waals surface area contributed by atoms with E-state index in [0.29, 0.717) is 17.2 Å². The minimum Gasteiger partial charge on any atom is -0.493 e. The van der Waals surface area contributed by atoms with Gasteiger partial charge in [-0.1, -0.05) is 0 Å². The molecule has 2 rings (SSSR count). The fourth-order valence-electron chi connectivity index (χ4n) is 1.98. The lowest BCUT2D eigenvalue weighted by Crippen LogP contribution is -2.32. The Bertz CT molecular complexity index is 552. The summed E-state index contributed by atoms with van der Waals surface area (Å²) in [4.78, 5) is 11.7. The van der Waals surface area contributed by atoms with Gasteiger partial charge in [0.25, 0.3) is 5.91 Å². The quantitative estimate of drug-likeness (QED) is 0.829. The molecule has 0 spiro atoms. The Balaban J connectivity index is 2.33. The van der Waals surface area contributed by atoms with Gasteiger partial charge in [0.1, 0.15) is 0 Å². The highest BCUT2D eigenvalue weighted by Crippen LogP contribution is 2.33. The molecule has 1 aromatic rings. The van der Waals surface area contributed by atoms with Crippen molar-refractivity contribution in [2.75, 3.05) is 21.0 Å². The van der Waals surface area contributed by atoms with Crippen LogP contribution in [0.2, 0.25) is 0 Å². The van der Waals surface area contributed by atoms with Crippen LogP contribution in [0.3, 0.4) is 0 Å². The number of methoxy groups -OCH3 is 2. The van der Waals surface area contributed by atoms with Gasteiger partial charge in [0.05, 0.1) is 18.2 Å². The number of rotatable bonds is 5. The smallest absolute Gasteiger partial charge is 0.251 e. The highest BCUT2D eigenvalue weighted by atomic mass is 16.7. The van der Waals surface area contributed by atoms with Crippen molar-refractivity contribution >= 4 is 11.6 Å². The third-order valence-corrected chi connectivity index (χ3v) is 3.20. The van der Waals surface area contributed by atoms with E-state index in [4.69, 9.17) is 14.2 Å². The van der Waals surface area contributed by atoms with Gasteiger partial charge in [-0.25, -0.2) is 5.43 Å². The molecule has 0 radical (unpaired) electrons. The zero-order chi connectivity index (χ0) is 14.8. The number of hydrazone groups is 1.